The van der Waals surface area contributed by atoms with E-state index in [1.807, 2.05) is 31.2 Å². The number of aliphatic hydroxyl groups excluding tert-OH is 1. The minimum atomic E-state index is -0.453. The highest BCUT2D eigenvalue weighted by molar-refractivity contribution is 5.57. The smallest absolute Gasteiger partial charge is 0.127 e. The predicted molar refractivity (Wildman–Crippen MR) is 177 cm³/mol. The fourth-order valence-electron chi connectivity index (χ4n) is 6.43. The number of aliphatic hydroxyl groups is 1. The van der Waals surface area contributed by atoms with Gasteiger partial charge in [-0.1, -0.05) is 42.5 Å². The van der Waals surface area contributed by atoms with Gasteiger partial charge in [0.2, 0.25) is 0 Å². The van der Waals surface area contributed by atoms with Crippen molar-refractivity contribution in [3.8, 4) is 11.5 Å². The van der Waals surface area contributed by atoms with E-state index in [1.165, 1.54) is 11.1 Å². The SMILES string of the molecule is COCCCN1c2cc(COC3CNCC[C@@H]3c3ccc(OCCCOC(C)c4ccccc4OC)cc3)ccc2CCC1O. The van der Waals surface area contributed by atoms with Gasteiger partial charge in [-0.2, -0.15) is 0 Å². The molecule has 0 radical (unpaired) electrons. The van der Waals surface area contributed by atoms with Crippen molar-refractivity contribution in [3.63, 3.8) is 0 Å². The lowest BCUT2D eigenvalue weighted by Crippen LogP contribution is -2.41. The monoisotopic (exact) mass is 618 g/mol. The Morgan fingerprint density at radius 3 is 2.62 bits per heavy atom. The van der Waals surface area contributed by atoms with E-state index in [-0.39, 0.29) is 12.2 Å². The zero-order valence-corrected chi connectivity index (χ0v) is 27.1. The van der Waals surface area contributed by atoms with Crippen LogP contribution in [0.4, 0.5) is 5.69 Å². The normalized spacial score (nSPS) is 20.4. The molecule has 0 bridgehead atoms. The quantitative estimate of drug-likeness (QED) is 0.189. The number of nitrogens with one attached hydrogen (secondary N) is 1. The van der Waals surface area contributed by atoms with Crippen LogP contribution in [-0.2, 0) is 27.2 Å². The van der Waals surface area contributed by atoms with Crippen molar-refractivity contribution >= 4 is 5.69 Å². The molecule has 5 rings (SSSR count). The highest BCUT2D eigenvalue weighted by Crippen LogP contribution is 2.33. The third kappa shape index (κ3) is 8.99. The summed E-state index contributed by atoms with van der Waals surface area (Å²) in [5.41, 5.74) is 5.88. The van der Waals surface area contributed by atoms with Crippen molar-refractivity contribution < 1.29 is 28.8 Å². The van der Waals surface area contributed by atoms with Gasteiger partial charge in [-0.3, -0.25) is 0 Å². The maximum absolute atomic E-state index is 10.7. The zero-order chi connectivity index (χ0) is 31.4. The molecule has 0 aliphatic carbocycles. The number of rotatable bonds is 16. The lowest BCUT2D eigenvalue weighted by atomic mass is 9.87. The molecule has 3 unspecified atom stereocenters. The Bertz CT molecular complexity index is 1320. The van der Waals surface area contributed by atoms with E-state index in [4.69, 9.17) is 23.7 Å². The van der Waals surface area contributed by atoms with Crippen LogP contribution < -0.4 is 19.7 Å². The number of para-hydroxylation sites is 1. The molecule has 3 aromatic rings. The Hall–Kier alpha value is -3.14. The van der Waals surface area contributed by atoms with Crippen molar-refractivity contribution in [2.24, 2.45) is 0 Å². The Morgan fingerprint density at radius 2 is 1.80 bits per heavy atom. The maximum atomic E-state index is 10.7. The largest absolute Gasteiger partial charge is 0.496 e. The molecule has 244 valence electrons. The maximum Gasteiger partial charge on any atom is 0.127 e. The summed E-state index contributed by atoms with van der Waals surface area (Å²) in [6.07, 6.45) is 3.94. The zero-order valence-electron chi connectivity index (χ0n) is 27.1. The van der Waals surface area contributed by atoms with Crippen molar-refractivity contribution in [2.75, 3.05) is 58.6 Å². The number of hydrogen-bond donors (Lipinski definition) is 2. The molecule has 3 aromatic carbocycles. The summed E-state index contributed by atoms with van der Waals surface area (Å²) in [5, 5.41) is 14.2. The first-order valence-corrected chi connectivity index (χ1v) is 16.4. The summed E-state index contributed by atoms with van der Waals surface area (Å²) in [5.74, 6) is 2.03. The molecule has 0 spiro atoms. The molecule has 1 saturated heterocycles. The van der Waals surface area contributed by atoms with Crippen molar-refractivity contribution in [3.05, 3.63) is 89.0 Å². The molecule has 1 fully saturated rings. The van der Waals surface area contributed by atoms with Crippen molar-refractivity contribution in [1.82, 2.24) is 5.32 Å². The van der Waals surface area contributed by atoms with Crippen LogP contribution in [0.25, 0.3) is 0 Å². The molecule has 0 amide bonds. The number of piperidine rings is 1. The van der Waals surface area contributed by atoms with E-state index < -0.39 is 6.23 Å². The van der Waals surface area contributed by atoms with Crippen LogP contribution in [0, 0.1) is 0 Å². The second-order valence-electron chi connectivity index (χ2n) is 12.0. The first kappa shape index (κ1) is 33.2. The van der Waals surface area contributed by atoms with Crippen LogP contribution >= 0.6 is 0 Å². The Morgan fingerprint density at radius 1 is 0.956 bits per heavy atom. The van der Waals surface area contributed by atoms with Gasteiger partial charge in [0.1, 0.15) is 17.7 Å². The second kappa shape index (κ2) is 17.0. The molecule has 45 heavy (non-hydrogen) atoms. The van der Waals surface area contributed by atoms with Crippen LogP contribution in [0.15, 0.2) is 66.7 Å². The average molecular weight is 619 g/mol. The number of aryl methyl sites for hydroxylation is 1. The van der Waals surface area contributed by atoms with Crippen LogP contribution in [0.5, 0.6) is 11.5 Å². The number of fused-ring (bicyclic) bond motifs is 1. The van der Waals surface area contributed by atoms with Crippen LogP contribution in [0.2, 0.25) is 0 Å². The standard InChI is InChI=1S/C37H50N2O6/c1-27(32-8-4-5-9-35(32)42-3)43-22-7-23-44-31-15-12-29(13-16-31)33-18-19-38-25-36(33)45-26-28-10-11-30-14-17-37(40)39(34(30)24-28)20-6-21-41-2/h4-5,8-13,15-16,24,27,33,36-38,40H,6-7,14,17-23,25-26H2,1-3H3/t27?,33-,36?,37?/m1/s1. The summed E-state index contributed by atoms with van der Waals surface area (Å²) in [6, 6.07) is 23.0. The fraction of sp³-hybridized carbons (Fsp3) is 0.514. The van der Waals surface area contributed by atoms with Gasteiger partial charge in [-0.05, 0) is 80.1 Å². The van der Waals surface area contributed by atoms with Gasteiger partial charge in [-0.15, -0.1) is 0 Å². The van der Waals surface area contributed by atoms with E-state index in [0.29, 0.717) is 32.3 Å². The molecular weight excluding hydrogens is 568 g/mol. The summed E-state index contributed by atoms with van der Waals surface area (Å²) in [4.78, 5) is 2.12. The average Bonchev–Trinajstić information content (AvgIpc) is 3.08. The van der Waals surface area contributed by atoms with Gasteiger partial charge in [-0.25, -0.2) is 0 Å². The lowest BCUT2D eigenvalue weighted by Gasteiger charge is -2.36. The van der Waals surface area contributed by atoms with Gasteiger partial charge in [0, 0.05) is 50.4 Å². The highest BCUT2D eigenvalue weighted by Gasteiger charge is 2.28. The van der Waals surface area contributed by atoms with Crippen molar-refractivity contribution in [2.45, 2.75) is 70.0 Å². The highest BCUT2D eigenvalue weighted by atomic mass is 16.5. The number of anilines is 1. The molecule has 0 aromatic heterocycles. The minimum absolute atomic E-state index is 0.0403. The summed E-state index contributed by atoms with van der Waals surface area (Å²) in [7, 11) is 3.40. The molecule has 2 aliphatic heterocycles. The first-order valence-electron chi connectivity index (χ1n) is 16.4. The third-order valence-electron chi connectivity index (χ3n) is 8.94. The van der Waals surface area contributed by atoms with Gasteiger partial charge in [0.25, 0.3) is 0 Å². The number of hydrogen-bond acceptors (Lipinski definition) is 8. The van der Waals surface area contributed by atoms with Gasteiger partial charge < -0.3 is 39.0 Å². The molecule has 0 saturated carbocycles. The van der Waals surface area contributed by atoms with Crippen molar-refractivity contribution in [1.29, 1.82) is 0 Å². The lowest BCUT2D eigenvalue weighted by molar-refractivity contribution is 0.0106. The molecule has 4 atom stereocenters. The second-order valence-corrected chi connectivity index (χ2v) is 12.0. The minimum Gasteiger partial charge on any atom is -0.496 e. The number of benzene rings is 3. The molecule has 8 nitrogen and oxygen atoms in total. The molecule has 2 heterocycles. The summed E-state index contributed by atoms with van der Waals surface area (Å²) >= 11 is 0. The van der Waals surface area contributed by atoms with Gasteiger partial charge >= 0.3 is 0 Å². The van der Waals surface area contributed by atoms with E-state index in [1.54, 1.807) is 14.2 Å². The van der Waals surface area contributed by atoms with E-state index in [9.17, 15) is 5.11 Å². The number of methoxy groups -OCH3 is 2. The first-order chi connectivity index (χ1) is 22.1. The Labute approximate surface area is 268 Å². The topological polar surface area (TPSA) is 81.7 Å². The molecule has 2 aliphatic rings. The van der Waals surface area contributed by atoms with E-state index in [0.717, 1.165) is 80.1 Å². The Kier molecular flexibility index (Phi) is 12.5. The van der Waals surface area contributed by atoms with E-state index in [2.05, 4.69) is 52.7 Å². The van der Waals surface area contributed by atoms with Crippen LogP contribution in [0.3, 0.4) is 0 Å². The molecular formula is C37H50N2O6. The van der Waals surface area contributed by atoms with Crippen LogP contribution in [0.1, 0.15) is 66.9 Å². The van der Waals surface area contributed by atoms with Gasteiger partial charge in [0.15, 0.2) is 0 Å². The predicted octanol–water partition coefficient (Wildman–Crippen LogP) is 6.01. The third-order valence-corrected chi connectivity index (χ3v) is 8.94. The summed E-state index contributed by atoms with van der Waals surface area (Å²) < 4.78 is 29.3. The van der Waals surface area contributed by atoms with Crippen LogP contribution in [-0.4, -0.2) is 71.1 Å². The fourth-order valence-corrected chi connectivity index (χ4v) is 6.43. The number of ether oxygens (including phenoxy) is 5. The molecule has 8 heteroatoms. The Balaban J connectivity index is 1.10. The van der Waals surface area contributed by atoms with Gasteiger partial charge in [0.05, 0.1) is 39.1 Å². The number of nitrogens with zero attached hydrogens (tertiary/aromatic N) is 1. The molecule has 2 N–H and O–H groups in total. The van der Waals surface area contributed by atoms with E-state index >= 15 is 0 Å². The summed E-state index contributed by atoms with van der Waals surface area (Å²) in [6.45, 7) is 7.05.